The SMILES string of the molecule is NC[C@H](O)c1ccccc1C(Cl)(Cl)Cl. The van der Waals surface area contributed by atoms with Gasteiger partial charge in [-0.3, -0.25) is 0 Å². The average Bonchev–Trinajstić information content (AvgIpc) is 2.15. The Labute approximate surface area is 97.6 Å². The molecule has 1 aromatic rings. The number of aliphatic hydroxyl groups excluding tert-OH is 1. The van der Waals surface area contributed by atoms with Crippen LogP contribution in [0, 0.1) is 0 Å². The molecule has 1 atom stereocenters. The molecule has 0 unspecified atom stereocenters. The highest BCUT2D eigenvalue weighted by Gasteiger charge is 2.27. The van der Waals surface area contributed by atoms with Gasteiger partial charge in [0.05, 0.1) is 6.10 Å². The number of aliphatic hydroxyl groups is 1. The van der Waals surface area contributed by atoms with Gasteiger partial charge < -0.3 is 10.8 Å². The maximum absolute atomic E-state index is 9.57. The van der Waals surface area contributed by atoms with Crippen molar-refractivity contribution >= 4 is 34.8 Å². The van der Waals surface area contributed by atoms with Crippen LogP contribution in [-0.2, 0) is 3.79 Å². The van der Waals surface area contributed by atoms with E-state index in [-0.39, 0.29) is 6.54 Å². The van der Waals surface area contributed by atoms with Crippen LogP contribution in [0.1, 0.15) is 17.2 Å². The fourth-order valence-corrected chi connectivity index (χ4v) is 1.69. The Bertz CT molecular complexity index is 311. The highest BCUT2D eigenvalue weighted by Crippen LogP contribution is 2.41. The second-order valence-electron chi connectivity index (χ2n) is 2.84. The van der Waals surface area contributed by atoms with E-state index in [0.29, 0.717) is 11.1 Å². The minimum absolute atomic E-state index is 0.0950. The number of benzene rings is 1. The van der Waals surface area contributed by atoms with Crippen LogP contribution in [0.4, 0.5) is 0 Å². The van der Waals surface area contributed by atoms with E-state index in [1.54, 1.807) is 24.3 Å². The third-order valence-electron chi connectivity index (χ3n) is 1.85. The first-order valence-electron chi connectivity index (χ1n) is 4.01. The summed E-state index contributed by atoms with van der Waals surface area (Å²) in [5, 5.41) is 9.57. The zero-order valence-electron chi connectivity index (χ0n) is 7.25. The van der Waals surface area contributed by atoms with Gasteiger partial charge in [-0.2, -0.15) is 0 Å². The summed E-state index contributed by atoms with van der Waals surface area (Å²) in [5.74, 6) is 0. The molecule has 1 rings (SSSR count). The van der Waals surface area contributed by atoms with Crippen LogP contribution >= 0.6 is 34.8 Å². The number of halogens is 3. The lowest BCUT2D eigenvalue weighted by molar-refractivity contribution is 0.185. The van der Waals surface area contributed by atoms with Crippen molar-refractivity contribution < 1.29 is 5.11 Å². The molecule has 0 aliphatic heterocycles. The number of alkyl halides is 3. The van der Waals surface area contributed by atoms with Crippen molar-refractivity contribution in [2.45, 2.75) is 9.90 Å². The number of rotatable bonds is 2. The second kappa shape index (κ2) is 4.69. The standard InChI is InChI=1S/C9H10Cl3NO/c10-9(11,12)7-4-2-1-3-6(7)8(14)5-13/h1-4,8,14H,5,13H2/t8-/m0/s1. The molecule has 5 heteroatoms. The third kappa shape index (κ3) is 2.75. The van der Waals surface area contributed by atoms with Crippen LogP contribution in [0.5, 0.6) is 0 Å². The van der Waals surface area contributed by atoms with Crippen LogP contribution in [0.2, 0.25) is 0 Å². The minimum Gasteiger partial charge on any atom is -0.387 e. The number of hydrogen-bond donors (Lipinski definition) is 2. The van der Waals surface area contributed by atoms with Crippen LogP contribution in [0.25, 0.3) is 0 Å². The van der Waals surface area contributed by atoms with Crippen molar-refractivity contribution in [3.63, 3.8) is 0 Å². The van der Waals surface area contributed by atoms with E-state index in [1.165, 1.54) is 0 Å². The molecule has 14 heavy (non-hydrogen) atoms. The first-order chi connectivity index (χ1) is 6.46. The van der Waals surface area contributed by atoms with E-state index >= 15 is 0 Å². The summed E-state index contributed by atoms with van der Waals surface area (Å²) in [5.41, 5.74) is 6.35. The molecule has 0 aliphatic rings. The number of nitrogens with two attached hydrogens (primary N) is 1. The summed E-state index contributed by atoms with van der Waals surface area (Å²) in [6, 6.07) is 6.84. The molecule has 0 aliphatic carbocycles. The molecule has 1 aromatic carbocycles. The van der Waals surface area contributed by atoms with Crippen molar-refractivity contribution in [2.24, 2.45) is 5.73 Å². The van der Waals surface area contributed by atoms with Crippen molar-refractivity contribution in [1.82, 2.24) is 0 Å². The summed E-state index contributed by atoms with van der Waals surface area (Å²) in [6.07, 6.45) is -0.804. The van der Waals surface area contributed by atoms with Crippen LogP contribution in [0.3, 0.4) is 0 Å². The third-order valence-corrected chi connectivity index (χ3v) is 2.46. The van der Waals surface area contributed by atoms with Crippen LogP contribution in [0.15, 0.2) is 24.3 Å². The van der Waals surface area contributed by atoms with Gasteiger partial charge in [-0.25, -0.2) is 0 Å². The molecule has 78 valence electrons. The van der Waals surface area contributed by atoms with Gasteiger partial charge in [0.2, 0.25) is 3.79 Å². The Morgan fingerprint density at radius 3 is 2.36 bits per heavy atom. The minimum atomic E-state index is -1.53. The molecule has 0 amide bonds. The van der Waals surface area contributed by atoms with Crippen molar-refractivity contribution in [1.29, 1.82) is 0 Å². The van der Waals surface area contributed by atoms with Gasteiger partial charge in [0.15, 0.2) is 0 Å². The first-order valence-corrected chi connectivity index (χ1v) is 5.14. The average molecular weight is 255 g/mol. The van der Waals surface area contributed by atoms with Crippen LogP contribution < -0.4 is 5.73 Å². The summed E-state index contributed by atoms with van der Waals surface area (Å²) >= 11 is 17.2. The topological polar surface area (TPSA) is 46.2 Å². The van der Waals surface area contributed by atoms with Gasteiger partial charge in [0.25, 0.3) is 0 Å². The van der Waals surface area contributed by atoms with E-state index in [4.69, 9.17) is 40.5 Å². The monoisotopic (exact) mass is 253 g/mol. The lowest BCUT2D eigenvalue weighted by Crippen LogP contribution is -2.16. The molecule has 0 bridgehead atoms. The Kier molecular flexibility index (Phi) is 4.04. The highest BCUT2D eigenvalue weighted by atomic mass is 35.6. The normalized spacial score (nSPS) is 14.1. The van der Waals surface area contributed by atoms with Gasteiger partial charge in [0.1, 0.15) is 0 Å². The number of hydrogen-bond acceptors (Lipinski definition) is 2. The summed E-state index contributed by atoms with van der Waals surface area (Å²) in [7, 11) is 0. The second-order valence-corrected chi connectivity index (χ2v) is 5.12. The molecule has 0 spiro atoms. The van der Waals surface area contributed by atoms with Crippen molar-refractivity contribution in [3.8, 4) is 0 Å². The first kappa shape index (κ1) is 12.1. The van der Waals surface area contributed by atoms with Gasteiger partial charge in [-0.05, 0) is 5.56 Å². The van der Waals surface area contributed by atoms with E-state index in [1.807, 2.05) is 0 Å². The fraction of sp³-hybridized carbons (Fsp3) is 0.333. The Hall–Kier alpha value is 0.01000. The molecule has 2 nitrogen and oxygen atoms in total. The van der Waals surface area contributed by atoms with E-state index in [2.05, 4.69) is 0 Å². The summed E-state index contributed by atoms with van der Waals surface area (Å²) < 4.78 is -1.53. The largest absolute Gasteiger partial charge is 0.387 e. The molecule has 0 saturated heterocycles. The Morgan fingerprint density at radius 1 is 1.29 bits per heavy atom. The van der Waals surface area contributed by atoms with Gasteiger partial charge >= 0.3 is 0 Å². The van der Waals surface area contributed by atoms with Gasteiger partial charge in [0, 0.05) is 12.1 Å². The summed E-state index contributed by atoms with van der Waals surface area (Å²) in [4.78, 5) is 0. The van der Waals surface area contributed by atoms with Crippen molar-refractivity contribution in [3.05, 3.63) is 35.4 Å². The smallest absolute Gasteiger partial charge is 0.216 e. The van der Waals surface area contributed by atoms with E-state index < -0.39 is 9.90 Å². The van der Waals surface area contributed by atoms with Gasteiger partial charge in [-0.15, -0.1) is 0 Å². The lowest BCUT2D eigenvalue weighted by atomic mass is 10.0. The highest BCUT2D eigenvalue weighted by molar-refractivity contribution is 6.66. The van der Waals surface area contributed by atoms with E-state index in [0.717, 1.165) is 0 Å². The zero-order valence-corrected chi connectivity index (χ0v) is 9.52. The predicted molar refractivity (Wildman–Crippen MR) is 59.7 cm³/mol. The molecular formula is C9H10Cl3NO. The fourth-order valence-electron chi connectivity index (χ4n) is 1.17. The van der Waals surface area contributed by atoms with Crippen molar-refractivity contribution in [2.75, 3.05) is 6.54 Å². The van der Waals surface area contributed by atoms with Gasteiger partial charge in [-0.1, -0.05) is 59.1 Å². The maximum atomic E-state index is 9.57. The molecule has 0 aromatic heterocycles. The zero-order chi connectivity index (χ0) is 10.8. The van der Waals surface area contributed by atoms with E-state index in [9.17, 15) is 5.11 Å². The predicted octanol–water partition coefficient (Wildman–Crippen LogP) is 2.51. The molecule has 0 fully saturated rings. The molecular weight excluding hydrogens is 244 g/mol. The maximum Gasteiger partial charge on any atom is 0.216 e. The molecule has 0 saturated carbocycles. The lowest BCUT2D eigenvalue weighted by Gasteiger charge is -2.18. The Balaban J connectivity index is 3.16. The quantitative estimate of drug-likeness (QED) is 0.797. The Morgan fingerprint density at radius 2 is 1.86 bits per heavy atom. The molecule has 0 heterocycles. The molecule has 0 radical (unpaired) electrons. The molecule has 3 N–H and O–H groups in total. The summed E-state index contributed by atoms with van der Waals surface area (Å²) in [6.45, 7) is 0.0950. The van der Waals surface area contributed by atoms with Crippen LogP contribution in [-0.4, -0.2) is 11.7 Å².